The van der Waals surface area contributed by atoms with Gasteiger partial charge in [0.1, 0.15) is 0 Å². The average Bonchev–Trinajstić information content (AvgIpc) is 2.54. The highest BCUT2D eigenvalue weighted by Gasteiger charge is 2.37. The second-order valence-corrected chi connectivity index (χ2v) is 7.02. The largest absolute Gasteiger partial charge is 0.338 e. The number of likely N-dealkylation sites (N-methyl/N-ethyl adjacent to an activating group) is 1. The molecule has 1 aliphatic heterocycles. The quantitative estimate of drug-likeness (QED) is 0.293. The lowest BCUT2D eigenvalue weighted by Crippen LogP contribution is -3.06. The zero-order valence-corrected chi connectivity index (χ0v) is 15.3. The van der Waals surface area contributed by atoms with Gasteiger partial charge in [-0.2, -0.15) is 0 Å². The van der Waals surface area contributed by atoms with E-state index in [1.54, 1.807) is 0 Å². The van der Waals surface area contributed by atoms with E-state index in [1.807, 2.05) is 14.1 Å². The number of hydrogen-bond acceptors (Lipinski definition) is 4. The van der Waals surface area contributed by atoms with Crippen LogP contribution in [0.25, 0.3) is 0 Å². The molecule has 6 nitrogen and oxygen atoms in total. The molecule has 132 valence electrons. The van der Waals surface area contributed by atoms with Gasteiger partial charge >= 0.3 is 0 Å². The van der Waals surface area contributed by atoms with Crippen LogP contribution < -0.4 is 10.2 Å². The molecule has 1 saturated heterocycles. The van der Waals surface area contributed by atoms with Gasteiger partial charge in [0.2, 0.25) is 11.8 Å². The van der Waals surface area contributed by atoms with Crippen molar-refractivity contribution in [2.75, 3.05) is 33.7 Å². The van der Waals surface area contributed by atoms with Crippen molar-refractivity contribution in [1.29, 1.82) is 0 Å². The van der Waals surface area contributed by atoms with Crippen molar-refractivity contribution in [3.8, 4) is 0 Å². The molecule has 1 heterocycles. The van der Waals surface area contributed by atoms with Gasteiger partial charge in [0.05, 0.1) is 27.2 Å². The first-order valence-electron chi connectivity index (χ1n) is 8.62. The second kappa shape index (κ2) is 9.03. The number of thiocarbonyl (C=S) groups is 1. The standard InChI is InChI=1S/C17H26N4O2S/c1-20(2)11-9-18-12-14-15(22)19-17(24)21(16(14)23)10-8-13-6-4-3-5-7-13/h6,12,14H,3-5,7-11H2,1-2H3,(H,19,22,24)/p+1. The average molecular weight is 351 g/mol. The first-order chi connectivity index (χ1) is 11.5. The van der Waals surface area contributed by atoms with E-state index in [9.17, 15) is 9.59 Å². The first kappa shape index (κ1) is 18.7. The molecule has 2 N–H and O–H groups in total. The summed E-state index contributed by atoms with van der Waals surface area (Å²) in [6.45, 7) is 1.97. The highest BCUT2D eigenvalue weighted by atomic mass is 32.1. The number of nitrogens with one attached hydrogen (secondary N) is 2. The molecule has 7 heteroatoms. The van der Waals surface area contributed by atoms with Gasteiger partial charge in [-0.3, -0.25) is 19.5 Å². The van der Waals surface area contributed by atoms with Gasteiger partial charge in [-0.25, -0.2) is 0 Å². The fraction of sp³-hybridized carbons (Fsp3) is 0.647. The van der Waals surface area contributed by atoms with Crippen LogP contribution in [0.1, 0.15) is 32.1 Å². The Hall–Kier alpha value is -1.60. The number of nitrogens with zero attached hydrogens (tertiary/aromatic N) is 2. The molecule has 0 saturated carbocycles. The van der Waals surface area contributed by atoms with Crippen molar-refractivity contribution < 1.29 is 14.5 Å². The highest BCUT2D eigenvalue weighted by molar-refractivity contribution is 7.80. The van der Waals surface area contributed by atoms with Crippen molar-refractivity contribution in [2.45, 2.75) is 32.1 Å². The number of quaternary nitrogens is 1. The van der Waals surface area contributed by atoms with Gasteiger partial charge < -0.3 is 10.2 Å². The summed E-state index contributed by atoms with van der Waals surface area (Å²) in [5.74, 6) is -1.51. The molecule has 0 spiro atoms. The maximum atomic E-state index is 12.6. The minimum Gasteiger partial charge on any atom is -0.338 e. The number of carbonyl (C=O) groups is 2. The Balaban J connectivity index is 1.95. The summed E-state index contributed by atoms with van der Waals surface area (Å²) in [5.41, 5.74) is 1.38. The molecule has 0 aromatic heterocycles. The topological polar surface area (TPSA) is 66.2 Å². The third-order valence-electron chi connectivity index (χ3n) is 4.33. The van der Waals surface area contributed by atoms with Crippen molar-refractivity contribution in [3.63, 3.8) is 0 Å². The number of aliphatic imine (C=N–C) groups is 1. The zero-order valence-electron chi connectivity index (χ0n) is 14.5. The zero-order chi connectivity index (χ0) is 17.5. The third-order valence-corrected chi connectivity index (χ3v) is 4.65. The normalized spacial score (nSPS) is 22.3. The molecule has 1 unspecified atom stereocenters. The van der Waals surface area contributed by atoms with Crippen molar-refractivity contribution in [2.24, 2.45) is 10.9 Å². The van der Waals surface area contributed by atoms with Gasteiger partial charge in [-0.05, 0) is 44.3 Å². The summed E-state index contributed by atoms with van der Waals surface area (Å²) in [4.78, 5) is 31.7. The Bertz CT molecular complexity index is 557. The smallest absolute Gasteiger partial charge is 0.246 e. The van der Waals surface area contributed by atoms with E-state index >= 15 is 0 Å². The molecule has 24 heavy (non-hydrogen) atoms. The van der Waals surface area contributed by atoms with Crippen LogP contribution in [0.2, 0.25) is 0 Å². The van der Waals surface area contributed by atoms with Gasteiger partial charge in [0, 0.05) is 12.8 Å². The van der Waals surface area contributed by atoms with Gasteiger partial charge in [0.15, 0.2) is 11.0 Å². The lowest BCUT2D eigenvalue weighted by molar-refractivity contribution is -0.856. The van der Waals surface area contributed by atoms with Crippen LogP contribution >= 0.6 is 12.2 Å². The molecule has 0 aromatic rings. The number of hydrogen-bond donors (Lipinski definition) is 2. The lowest BCUT2D eigenvalue weighted by atomic mass is 9.97. The van der Waals surface area contributed by atoms with Crippen LogP contribution in [0, 0.1) is 5.92 Å². The van der Waals surface area contributed by atoms with Gasteiger partial charge in [-0.15, -0.1) is 0 Å². The molecule has 0 bridgehead atoms. The summed E-state index contributed by atoms with van der Waals surface area (Å²) in [6, 6.07) is 0. The van der Waals surface area contributed by atoms with E-state index < -0.39 is 5.92 Å². The molecule has 0 radical (unpaired) electrons. The monoisotopic (exact) mass is 351 g/mol. The van der Waals surface area contributed by atoms with E-state index in [4.69, 9.17) is 12.2 Å². The molecule has 1 fully saturated rings. The molecule has 0 aromatic carbocycles. The van der Waals surface area contributed by atoms with Crippen LogP contribution in [-0.2, 0) is 9.59 Å². The Labute approximate surface area is 149 Å². The lowest BCUT2D eigenvalue weighted by Gasteiger charge is -2.31. The summed E-state index contributed by atoms with van der Waals surface area (Å²) in [6.07, 6.45) is 9.22. The Morgan fingerprint density at radius 1 is 1.42 bits per heavy atom. The molecule has 2 aliphatic rings. The summed E-state index contributed by atoms with van der Waals surface area (Å²) < 4.78 is 0. The fourth-order valence-corrected chi connectivity index (χ4v) is 3.11. The van der Waals surface area contributed by atoms with Crippen LogP contribution in [0.3, 0.4) is 0 Å². The van der Waals surface area contributed by atoms with Gasteiger partial charge in [0.25, 0.3) is 0 Å². The predicted octanol–water partition coefficient (Wildman–Crippen LogP) is -0.0483. The number of rotatable bonds is 7. The maximum absolute atomic E-state index is 12.6. The SMILES string of the molecule is C[NH+](C)CCN=CC1C(=O)NC(=S)N(CCC2=CCCCC2)C1=O. The number of amides is 2. The fourth-order valence-electron chi connectivity index (χ4n) is 2.83. The Kier molecular flexibility index (Phi) is 7.05. The molecular weight excluding hydrogens is 324 g/mol. The van der Waals surface area contributed by atoms with E-state index in [0.717, 1.165) is 25.8 Å². The van der Waals surface area contributed by atoms with E-state index in [0.29, 0.717) is 13.1 Å². The van der Waals surface area contributed by atoms with Crippen LogP contribution in [0.15, 0.2) is 16.6 Å². The van der Waals surface area contributed by atoms with E-state index in [1.165, 1.54) is 34.4 Å². The first-order valence-corrected chi connectivity index (χ1v) is 9.03. The summed E-state index contributed by atoms with van der Waals surface area (Å²) >= 11 is 5.18. The third kappa shape index (κ3) is 5.21. The van der Waals surface area contributed by atoms with Crippen LogP contribution in [0.4, 0.5) is 0 Å². The molecule has 1 aliphatic carbocycles. The molecule has 2 amide bonds. The van der Waals surface area contributed by atoms with Crippen molar-refractivity contribution in [3.05, 3.63) is 11.6 Å². The minimum absolute atomic E-state index is 0.212. The van der Waals surface area contributed by atoms with Crippen LogP contribution in [-0.4, -0.2) is 61.8 Å². The summed E-state index contributed by atoms with van der Waals surface area (Å²) in [5, 5.41) is 2.84. The van der Waals surface area contributed by atoms with E-state index in [2.05, 4.69) is 16.4 Å². The second-order valence-electron chi connectivity index (χ2n) is 6.63. The predicted molar refractivity (Wildman–Crippen MR) is 98.1 cm³/mol. The van der Waals surface area contributed by atoms with Crippen LogP contribution in [0.5, 0.6) is 0 Å². The number of carbonyl (C=O) groups excluding carboxylic acids is 2. The number of allylic oxidation sites excluding steroid dienone is 1. The van der Waals surface area contributed by atoms with Crippen molar-refractivity contribution in [1.82, 2.24) is 10.2 Å². The maximum Gasteiger partial charge on any atom is 0.246 e. The summed E-state index contributed by atoms with van der Waals surface area (Å²) in [7, 11) is 4.07. The highest BCUT2D eigenvalue weighted by Crippen LogP contribution is 2.21. The van der Waals surface area contributed by atoms with Gasteiger partial charge in [-0.1, -0.05) is 11.6 Å². The Morgan fingerprint density at radius 2 is 2.21 bits per heavy atom. The molecule has 2 rings (SSSR count). The Morgan fingerprint density at radius 3 is 2.88 bits per heavy atom. The molecular formula is C17H27N4O2S+. The minimum atomic E-state index is -0.866. The van der Waals surface area contributed by atoms with E-state index in [-0.39, 0.29) is 16.9 Å². The van der Waals surface area contributed by atoms with Crippen molar-refractivity contribution >= 4 is 35.4 Å². The molecule has 1 atom stereocenters.